The number of nitrogens with zero attached hydrogens (tertiary/aromatic N) is 5. The Bertz CT molecular complexity index is 1160. The third-order valence-electron chi connectivity index (χ3n) is 5.84. The van der Waals surface area contributed by atoms with Crippen LogP contribution in [-0.2, 0) is 0 Å². The number of aromatic nitrogens is 4. The molecule has 1 aliphatic heterocycles. The number of ether oxygens (including phenoxy) is 1. The van der Waals surface area contributed by atoms with Crippen molar-refractivity contribution in [3.05, 3.63) is 60.8 Å². The molecule has 1 aliphatic rings. The summed E-state index contributed by atoms with van der Waals surface area (Å²) in [7, 11) is 1.67. The highest BCUT2D eigenvalue weighted by molar-refractivity contribution is 5.90. The summed E-state index contributed by atoms with van der Waals surface area (Å²) in [6, 6.07) is 17.9. The van der Waals surface area contributed by atoms with E-state index in [4.69, 9.17) is 14.7 Å². The van der Waals surface area contributed by atoms with Gasteiger partial charge in [0.05, 0.1) is 24.4 Å². The lowest BCUT2D eigenvalue weighted by Crippen LogP contribution is -2.34. The minimum atomic E-state index is 0.742. The molecule has 0 amide bonds. The number of rotatable bonds is 5. The van der Waals surface area contributed by atoms with Crippen LogP contribution in [0.1, 0.15) is 19.8 Å². The molecule has 4 aromatic rings. The first-order valence-corrected chi connectivity index (χ1v) is 10.7. The number of hydrogen-bond acceptors (Lipinski definition) is 6. The molecule has 1 N–H and O–H groups in total. The molecule has 7 nitrogen and oxygen atoms in total. The van der Waals surface area contributed by atoms with E-state index in [0.29, 0.717) is 0 Å². The van der Waals surface area contributed by atoms with Crippen molar-refractivity contribution < 1.29 is 4.74 Å². The fraction of sp³-hybridized carbons (Fsp3) is 0.292. The Morgan fingerprint density at radius 1 is 0.968 bits per heavy atom. The molecule has 31 heavy (non-hydrogen) atoms. The number of para-hydroxylation sites is 1. The van der Waals surface area contributed by atoms with Crippen molar-refractivity contribution in [3.63, 3.8) is 0 Å². The summed E-state index contributed by atoms with van der Waals surface area (Å²) in [4.78, 5) is 12.1. The number of piperidine rings is 1. The quantitative estimate of drug-likeness (QED) is 0.506. The molecule has 2 aromatic heterocycles. The van der Waals surface area contributed by atoms with Gasteiger partial charge in [-0.15, -0.1) is 0 Å². The van der Waals surface area contributed by atoms with Crippen LogP contribution in [0.3, 0.4) is 0 Å². The van der Waals surface area contributed by atoms with Gasteiger partial charge >= 0.3 is 0 Å². The van der Waals surface area contributed by atoms with Crippen LogP contribution in [-0.4, -0.2) is 39.9 Å². The first kappa shape index (κ1) is 19.4. The standard InChI is InChI=1S/C24H26N6O/c1-17-12-14-29(15-13-17)24-27-22(26-18-8-10-20(31-2)11-9-18)21-16-25-30(23(21)28-24)19-6-4-3-5-7-19/h3-11,16-17H,12-15H2,1-2H3,(H,26,27,28). The van der Waals surface area contributed by atoms with Gasteiger partial charge in [0.15, 0.2) is 5.65 Å². The lowest BCUT2D eigenvalue weighted by Gasteiger charge is -2.30. The Morgan fingerprint density at radius 2 is 1.71 bits per heavy atom. The second-order valence-electron chi connectivity index (χ2n) is 8.02. The van der Waals surface area contributed by atoms with Gasteiger partial charge in [-0.05, 0) is 55.2 Å². The molecule has 1 saturated heterocycles. The van der Waals surface area contributed by atoms with E-state index in [1.165, 1.54) is 0 Å². The van der Waals surface area contributed by atoms with Crippen molar-refractivity contribution in [1.29, 1.82) is 0 Å². The van der Waals surface area contributed by atoms with Gasteiger partial charge in [-0.1, -0.05) is 25.1 Å². The van der Waals surface area contributed by atoms with E-state index in [0.717, 1.165) is 71.8 Å². The molecule has 0 spiro atoms. The van der Waals surface area contributed by atoms with E-state index in [-0.39, 0.29) is 0 Å². The summed E-state index contributed by atoms with van der Waals surface area (Å²) in [6.45, 7) is 4.24. The van der Waals surface area contributed by atoms with Gasteiger partial charge in [0, 0.05) is 18.8 Å². The van der Waals surface area contributed by atoms with Crippen molar-refractivity contribution in [1.82, 2.24) is 19.7 Å². The fourth-order valence-corrected chi connectivity index (χ4v) is 3.91. The molecule has 0 bridgehead atoms. The molecule has 0 unspecified atom stereocenters. The summed E-state index contributed by atoms with van der Waals surface area (Å²) in [6.07, 6.45) is 4.14. The molecule has 3 heterocycles. The monoisotopic (exact) mass is 414 g/mol. The largest absolute Gasteiger partial charge is 0.497 e. The maximum atomic E-state index is 5.28. The third-order valence-corrected chi connectivity index (χ3v) is 5.84. The van der Waals surface area contributed by atoms with Crippen molar-refractivity contribution in [2.24, 2.45) is 5.92 Å². The second-order valence-corrected chi connectivity index (χ2v) is 8.02. The number of methoxy groups -OCH3 is 1. The molecule has 0 atom stereocenters. The summed E-state index contributed by atoms with van der Waals surface area (Å²) < 4.78 is 7.16. The summed E-state index contributed by atoms with van der Waals surface area (Å²) in [5.74, 6) is 3.06. The number of anilines is 3. The number of hydrogen-bond donors (Lipinski definition) is 1. The predicted molar refractivity (Wildman–Crippen MR) is 124 cm³/mol. The summed E-state index contributed by atoms with van der Waals surface area (Å²) >= 11 is 0. The first-order valence-electron chi connectivity index (χ1n) is 10.7. The van der Waals surface area contributed by atoms with Crippen LogP contribution in [0.25, 0.3) is 16.7 Å². The van der Waals surface area contributed by atoms with Crippen LogP contribution in [0, 0.1) is 5.92 Å². The average molecular weight is 415 g/mol. The zero-order valence-electron chi connectivity index (χ0n) is 17.8. The van der Waals surface area contributed by atoms with Gasteiger partial charge in [0.25, 0.3) is 0 Å². The normalized spacial score (nSPS) is 14.7. The van der Waals surface area contributed by atoms with Crippen molar-refractivity contribution in [2.75, 3.05) is 30.4 Å². The maximum absolute atomic E-state index is 5.28. The minimum Gasteiger partial charge on any atom is -0.497 e. The fourth-order valence-electron chi connectivity index (χ4n) is 3.91. The average Bonchev–Trinajstić information content (AvgIpc) is 3.25. The van der Waals surface area contributed by atoms with E-state index in [9.17, 15) is 0 Å². The predicted octanol–water partition coefficient (Wildman–Crippen LogP) is 4.80. The molecule has 7 heteroatoms. The van der Waals surface area contributed by atoms with E-state index in [1.807, 2.05) is 65.5 Å². The topological polar surface area (TPSA) is 68.1 Å². The van der Waals surface area contributed by atoms with Crippen LogP contribution in [0.4, 0.5) is 17.5 Å². The Hall–Kier alpha value is -3.61. The Morgan fingerprint density at radius 3 is 2.42 bits per heavy atom. The zero-order chi connectivity index (χ0) is 21.2. The Labute approximate surface area is 181 Å². The van der Waals surface area contributed by atoms with Gasteiger partial charge in [0.1, 0.15) is 11.6 Å². The van der Waals surface area contributed by atoms with E-state index < -0.39 is 0 Å². The summed E-state index contributed by atoms with van der Waals surface area (Å²) in [5.41, 5.74) is 2.71. The van der Waals surface area contributed by atoms with Gasteiger partial charge in [-0.25, -0.2) is 4.68 Å². The van der Waals surface area contributed by atoms with Gasteiger partial charge in [-0.2, -0.15) is 15.1 Å². The van der Waals surface area contributed by atoms with Gasteiger partial charge in [0.2, 0.25) is 5.95 Å². The van der Waals surface area contributed by atoms with E-state index in [1.54, 1.807) is 7.11 Å². The van der Waals surface area contributed by atoms with Crippen LogP contribution in [0.2, 0.25) is 0 Å². The smallest absolute Gasteiger partial charge is 0.229 e. The second kappa shape index (κ2) is 8.26. The Balaban J connectivity index is 1.59. The molecule has 0 aliphatic carbocycles. The zero-order valence-corrected chi connectivity index (χ0v) is 17.8. The van der Waals surface area contributed by atoms with E-state index >= 15 is 0 Å². The Kier molecular flexibility index (Phi) is 5.16. The molecule has 1 fully saturated rings. The molecule has 158 valence electrons. The number of nitrogens with one attached hydrogen (secondary N) is 1. The van der Waals surface area contributed by atoms with E-state index in [2.05, 4.69) is 22.2 Å². The highest BCUT2D eigenvalue weighted by Crippen LogP contribution is 2.30. The van der Waals surface area contributed by atoms with Crippen molar-refractivity contribution in [2.45, 2.75) is 19.8 Å². The highest BCUT2D eigenvalue weighted by atomic mass is 16.5. The minimum absolute atomic E-state index is 0.742. The van der Waals surface area contributed by atoms with Crippen molar-refractivity contribution >= 4 is 28.5 Å². The molecule has 2 aromatic carbocycles. The van der Waals surface area contributed by atoms with Gasteiger partial charge in [-0.3, -0.25) is 0 Å². The first-order chi connectivity index (χ1) is 15.2. The number of fused-ring (bicyclic) bond motifs is 1. The molecular formula is C24H26N6O. The summed E-state index contributed by atoms with van der Waals surface area (Å²) in [5, 5.41) is 8.98. The highest BCUT2D eigenvalue weighted by Gasteiger charge is 2.21. The lowest BCUT2D eigenvalue weighted by molar-refractivity contribution is 0.415. The molecular weight excluding hydrogens is 388 g/mol. The van der Waals surface area contributed by atoms with Crippen LogP contribution >= 0.6 is 0 Å². The van der Waals surface area contributed by atoms with Crippen LogP contribution in [0.5, 0.6) is 5.75 Å². The third kappa shape index (κ3) is 3.91. The molecule has 0 saturated carbocycles. The lowest BCUT2D eigenvalue weighted by atomic mass is 10.00. The van der Waals surface area contributed by atoms with Gasteiger partial charge < -0.3 is 15.0 Å². The maximum Gasteiger partial charge on any atom is 0.229 e. The van der Waals surface area contributed by atoms with Crippen molar-refractivity contribution in [3.8, 4) is 11.4 Å². The molecule has 5 rings (SSSR count). The van der Waals surface area contributed by atoms with Crippen LogP contribution < -0.4 is 15.0 Å². The SMILES string of the molecule is COc1ccc(Nc2nc(N3CCC(C)CC3)nc3c2cnn3-c2ccccc2)cc1. The van der Waals surface area contributed by atoms with Crippen LogP contribution in [0.15, 0.2) is 60.8 Å². The molecule has 0 radical (unpaired) electrons. The number of benzene rings is 2.